The van der Waals surface area contributed by atoms with Gasteiger partial charge in [-0.05, 0) is 76.1 Å². The van der Waals surface area contributed by atoms with Crippen molar-refractivity contribution < 1.29 is 33.5 Å². The number of thioether (sulfide) groups is 1. The van der Waals surface area contributed by atoms with E-state index in [1.54, 1.807) is 31.2 Å². The van der Waals surface area contributed by atoms with Crippen molar-refractivity contribution in [3.8, 4) is 11.5 Å². The van der Waals surface area contributed by atoms with Crippen LogP contribution in [-0.2, 0) is 20.9 Å². The van der Waals surface area contributed by atoms with Gasteiger partial charge in [-0.3, -0.25) is 29.4 Å². The Morgan fingerprint density at radius 3 is 2.53 bits per heavy atom. The van der Waals surface area contributed by atoms with E-state index in [0.717, 1.165) is 22.2 Å². The highest BCUT2D eigenvalue weighted by molar-refractivity contribution is 9.10. The average molecular weight is 551 g/mol. The Morgan fingerprint density at radius 2 is 1.91 bits per heavy atom. The van der Waals surface area contributed by atoms with Gasteiger partial charge in [0, 0.05) is 12.1 Å². The van der Waals surface area contributed by atoms with Gasteiger partial charge in [0.2, 0.25) is 0 Å². The Bertz CT molecular complexity index is 1170. The third kappa shape index (κ3) is 5.94. The number of esters is 1. The zero-order valence-corrected chi connectivity index (χ0v) is 20.5. The molecule has 0 bridgehead atoms. The second kappa shape index (κ2) is 11.2. The van der Waals surface area contributed by atoms with Crippen LogP contribution in [0.1, 0.15) is 18.1 Å². The molecule has 34 heavy (non-hydrogen) atoms. The summed E-state index contributed by atoms with van der Waals surface area (Å²) in [6, 6.07) is 9.35. The SMILES string of the molecule is CCOc1cc(/C=C2/SC(=O)N(CC(=O)OC)C2=O)cc(Br)c1OCc1ccc([N+](=O)[O-])cc1. The van der Waals surface area contributed by atoms with Crippen molar-refractivity contribution in [2.75, 3.05) is 20.3 Å². The maximum Gasteiger partial charge on any atom is 0.325 e. The van der Waals surface area contributed by atoms with E-state index in [1.807, 2.05) is 0 Å². The standard InChI is InChI=1S/C22H19BrN2O8S/c1-3-32-17-9-14(10-18-21(27)24(22(28)34-18)11-19(26)31-2)8-16(23)20(17)33-12-13-4-6-15(7-5-13)25(29)30/h4-10H,3,11-12H2,1-2H3/b18-10+. The number of ether oxygens (including phenoxy) is 3. The van der Waals surface area contributed by atoms with Crippen molar-refractivity contribution in [1.82, 2.24) is 4.90 Å². The van der Waals surface area contributed by atoms with Crippen LogP contribution in [0.3, 0.4) is 0 Å². The number of non-ortho nitro benzene ring substituents is 1. The number of carbonyl (C=O) groups excluding carboxylic acids is 3. The molecule has 0 aliphatic carbocycles. The number of imide groups is 1. The number of halogens is 1. The number of hydrogen-bond acceptors (Lipinski definition) is 9. The fraction of sp³-hybridized carbons (Fsp3) is 0.227. The van der Waals surface area contributed by atoms with Gasteiger partial charge in [0.1, 0.15) is 13.2 Å². The Morgan fingerprint density at radius 1 is 1.21 bits per heavy atom. The van der Waals surface area contributed by atoms with E-state index in [-0.39, 0.29) is 17.2 Å². The number of methoxy groups -OCH3 is 1. The van der Waals surface area contributed by atoms with Crippen LogP contribution in [-0.4, -0.2) is 47.2 Å². The summed E-state index contributed by atoms with van der Waals surface area (Å²) >= 11 is 4.17. The lowest BCUT2D eigenvalue weighted by molar-refractivity contribution is -0.384. The van der Waals surface area contributed by atoms with Gasteiger partial charge in [0.05, 0.1) is 28.0 Å². The van der Waals surface area contributed by atoms with Gasteiger partial charge in [-0.2, -0.15) is 0 Å². The van der Waals surface area contributed by atoms with Crippen LogP contribution >= 0.6 is 27.7 Å². The highest BCUT2D eigenvalue weighted by atomic mass is 79.9. The monoisotopic (exact) mass is 550 g/mol. The first-order chi connectivity index (χ1) is 16.2. The molecule has 0 spiro atoms. The molecule has 1 aliphatic heterocycles. The van der Waals surface area contributed by atoms with Crippen LogP contribution in [0, 0.1) is 10.1 Å². The molecule has 0 aromatic heterocycles. The number of benzene rings is 2. The van der Waals surface area contributed by atoms with Gasteiger partial charge in [0.25, 0.3) is 16.8 Å². The Balaban J connectivity index is 1.82. The largest absolute Gasteiger partial charge is 0.490 e. The van der Waals surface area contributed by atoms with Crippen molar-refractivity contribution in [2.45, 2.75) is 13.5 Å². The van der Waals surface area contributed by atoms with Crippen LogP contribution in [0.4, 0.5) is 10.5 Å². The number of hydrogen-bond donors (Lipinski definition) is 0. The van der Waals surface area contributed by atoms with Crippen molar-refractivity contribution >= 4 is 56.6 Å². The second-order valence-corrected chi connectivity index (χ2v) is 8.67. The summed E-state index contributed by atoms with van der Waals surface area (Å²) in [5.41, 5.74) is 1.28. The minimum atomic E-state index is -0.695. The molecule has 10 nitrogen and oxygen atoms in total. The number of amides is 2. The lowest BCUT2D eigenvalue weighted by Crippen LogP contribution is -2.34. The van der Waals surface area contributed by atoms with Crippen molar-refractivity contribution in [2.24, 2.45) is 0 Å². The third-order valence-electron chi connectivity index (χ3n) is 4.55. The average Bonchev–Trinajstić information content (AvgIpc) is 3.06. The zero-order valence-electron chi connectivity index (χ0n) is 18.1. The molecule has 0 N–H and O–H groups in total. The summed E-state index contributed by atoms with van der Waals surface area (Å²) in [4.78, 5) is 47.5. The fourth-order valence-electron chi connectivity index (χ4n) is 2.92. The maximum atomic E-state index is 12.6. The second-order valence-electron chi connectivity index (χ2n) is 6.82. The van der Waals surface area contributed by atoms with Gasteiger partial charge in [-0.15, -0.1) is 0 Å². The van der Waals surface area contributed by atoms with Crippen LogP contribution in [0.2, 0.25) is 0 Å². The molecule has 2 aromatic carbocycles. The van der Waals surface area contributed by atoms with Crippen LogP contribution < -0.4 is 9.47 Å². The van der Waals surface area contributed by atoms with Gasteiger partial charge in [-0.25, -0.2) is 0 Å². The van der Waals surface area contributed by atoms with Gasteiger partial charge < -0.3 is 14.2 Å². The third-order valence-corrected chi connectivity index (χ3v) is 6.04. The number of nitro benzene ring substituents is 1. The Labute approximate surface area is 207 Å². The molecule has 2 aromatic rings. The molecule has 178 valence electrons. The molecular weight excluding hydrogens is 532 g/mol. The van der Waals surface area contributed by atoms with Gasteiger partial charge >= 0.3 is 5.97 Å². The summed E-state index contributed by atoms with van der Waals surface area (Å²) in [6.07, 6.45) is 1.52. The molecule has 1 heterocycles. The van der Waals surface area contributed by atoms with Crippen LogP contribution in [0.5, 0.6) is 11.5 Å². The summed E-state index contributed by atoms with van der Waals surface area (Å²) < 4.78 is 16.7. The number of rotatable bonds is 9. The fourth-order valence-corrected chi connectivity index (χ4v) is 4.34. The highest BCUT2D eigenvalue weighted by Gasteiger charge is 2.36. The molecule has 1 saturated heterocycles. The molecule has 2 amide bonds. The quantitative estimate of drug-likeness (QED) is 0.191. The first-order valence-corrected chi connectivity index (χ1v) is 11.5. The first kappa shape index (κ1) is 25.2. The van der Waals surface area contributed by atoms with Crippen LogP contribution in [0.25, 0.3) is 6.08 Å². The predicted octanol–water partition coefficient (Wildman–Crippen LogP) is 4.54. The van der Waals surface area contributed by atoms with Crippen molar-refractivity contribution in [3.05, 3.63) is 67.0 Å². The van der Waals surface area contributed by atoms with Crippen LogP contribution in [0.15, 0.2) is 45.8 Å². The topological polar surface area (TPSA) is 125 Å². The minimum absolute atomic E-state index is 0.0136. The summed E-state index contributed by atoms with van der Waals surface area (Å²) in [5.74, 6) is -0.470. The lowest BCUT2D eigenvalue weighted by atomic mass is 10.1. The summed E-state index contributed by atoms with van der Waals surface area (Å²) in [7, 11) is 1.18. The summed E-state index contributed by atoms with van der Waals surface area (Å²) in [5, 5.41) is 10.2. The number of carbonyl (C=O) groups is 3. The molecule has 3 rings (SSSR count). The molecular formula is C22H19BrN2O8S. The van der Waals surface area contributed by atoms with Gasteiger partial charge in [0.15, 0.2) is 11.5 Å². The Hall–Kier alpha value is -3.38. The predicted molar refractivity (Wildman–Crippen MR) is 127 cm³/mol. The minimum Gasteiger partial charge on any atom is -0.490 e. The highest BCUT2D eigenvalue weighted by Crippen LogP contribution is 2.39. The van der Waals surface area contributed by atoms with E-state index in [4.69, 9.17) is 9.47 Å². The number of nitrogens with zero attached hydrogens (tertiary/aromatic N) is 2. The van der Waals surface area contributed by atoms with E-state index >= 15 is 0 Å². The Kier molecular flexibility index (Phi) is 8.29. The van der Waals surface area contributed by atoms with E-state index in [2.05, 4.69) is 20.7 Å². The van der Waals surface area contributed by atoms with E-state index in [9.17, 15) is 24.5 Å². The van der Waals surface area contributed by atoms with Crippen molar-refractivity contribution in [3.63, 3.8) is 0 Å². The van der Waals surface area contributed by atoms with Crippen molar-refractivity contribution in [1.29, 1.82) is 0 Å². The molecule has 1 aliphatic rings. The number of nitro groups is 1. The zero-order chi connectivity index (χ0) is 24.8. The molecule has 0 atom stereocenters. The molecule has 1 fully saturated rings. The lowest BCUT2D eigenvalue weighted by Gasteiger charge is -2.15. The molecule has 0 unspecified atom stereocenters. The maximum absolute atomic E-state index is 12.6. The van der Waals surface area contributed by atoms with E-state index in [1.165, 1.54) is 25.3 Å². The molecule has 12 heteroatoms. The molecule has 0 radical (unpaired) electrons. The van der Waals surface area contributed by atoms with Gasteiger partial charge in [-0.1, -0.05) is 0 Å². The summed E-state index contributed by atoms with van der Waals surface area (Å²) in [6.45, 7) is 1.84. The first-order valence-electron chi connectivity index (χ1n) is 9.88. The molecule has 0 saturated carbocycles. The van der Waals surface area contributed by atoms with E-state index < -0.39 is 28.6 Å². The normalized spacial score (nSPS) is 14.4. The van der Waals surface area contributed by atoms with E-state index in [0.29, 0.717) is 28.1 Å². The smallest absolute Gasteiger partial charge is 0.325 e.